The van der Waals surface area contributed by atoms with Gasteiger partial charge in [-0.25, -0.2) is 4.39 Å². The molecule has 0 aliphatic carbocycles. The monoisotopic (exact) mass is 253 g/mol. The van der Waals surface area contributed by atoms with Crippen LogP contribution in [0.15, 0.2) is 18.2 Å². The van der Waals surface area contributed by atoms with Crippen LogP contribution in [-0.2, 0) is 17.9 Å². The Bertz CT molecular complexity index is 364. The average Bonchev–Trinajstić information content (AvgIpc) is 2.29. The predicted octanol–water partition coefficient (Wildman–Crippen LogP) is 3.50. The van der Waals surface area contributed by atoms with Crippen LogP contribution >= 0.6 is 0 Å². The topological polar surface area (TPSA) is 21.3 Å². The smallest absolute Gasteiger partial charge is 0.128 e. The molecule has 0 amide bonds. The third-order valence-electron chi connectivity index (χ3n) is 2.56. The molecule has 102 valence electrons. The van der Waals surface area contributed by atoms with Crippen molar-refractivity contribution in [1.82, 2.24) is 5.32 Å². The van der Waals surface area contributed by atoms with Crippen molar-refractivity contribution in [2.45, 2.75) is 47.0 Å². The van der Waals surface area contributed by atoms with E-state index in [9.17, 15) is 4.39 Å². The highest BCUT2D eigenvalue weighted by molar-refractivity contribution is 5.24. The van der Waals surface area contributed by atoms with Gasteiger partial charge >= 0.3 is 0 Å². The Kier molecular flexibility index (Phi) is 6.30. The highest BCUT2D eigenvalue weighted by Gasteiger charge is 2.05. The van der Waals surface area contributed by atoms with Crippen molar-refractivity contribution in [2.24, 2.45) is 5.92 Å². The molecule has 0 radical (unpaired) electrons. The van der Waals surface area contributed by atoms with Gasteiger partial charge in [-0.05, 0) is 44.0 Å². The first-order valence-electron chi connectivity index (χ1n) is 6.58. The Morgan fingerprint density at radius 1 is 1.22 bits per heavy atom. The number of hydrogen-bond donors (Lipinski definition) is 1. The summed E-state index contributed by atoms with van der Waals surface area (Å²) in [5, 5.41) is 3.35. The fraction of sp³-hybridized carbons (Fsp3) is 0.600. The van der Waals surface area contributed by atoms with Crippen molar-refractivity contribution in [3.05, 3.63) is 35.1 Å². The zero-order valence-electron chi connectivity index (χ0n) is 11.8. The standard InChI is InChI=1S/C15H24FNO/c1-11(2)8-17-9-13-5-6-15(16)14(7-13)10-18-12(3)4/h5-7,11-12,17H,8-10H2,1-4H3. The molecule has 0 fully saturated rings. The molecule has 0 bridgehead atoms. The number of ether oxygens (including phenoxy) is 1. The molecule has 0 unspecified atom stereocenters. The van der Waals surface area contributed by atoms with Gasteiger partial charge in [-0.3, -0.25) is 0 Å². The summed E-state index contributed by atoms with van der Waals surface area (Å²) in [6.45, 7) is 10.3. The largest absolute Gasteiger partial charge is 0.374 e. The van der Waals surface area contributed by atoms with Crippen LogP contribution in [0.25, 0.3) is 0 Å². The van der Waals surface area contributed by atoms with Crippen LogP contribution in [0.3, 0.4) is 0 Å². The van der Waals surface area contributed by atoms with Crippen LogP contribution in [0.1, 0.15) is 38.8 Å². The summed E-state index contributed by atoms with van der Waals surface area (Å²) in [6, 6.07) is 5.22. The highest BCUT2D eigenvalue weighted by atomic mass is 19.1. The van der Waals surface area contributed by atoms with Gasteiger partial charge in [0.25, 0.3) is 0 Å². The summed E-state index contributed by atoms with van der Waals surface area (Å²) in [5.41, 5.74) is 1.73. The van der Waals surface area contributed by atoms with E-state index in [-0.39, 0.29) is 11.9 Å². The summed E-state index contributed by atoms with van der Waals surface area (Å²) >= 11 is 0. The predicted molar refractivity (Wildman–Crippen MR) is 72.9 cm³/mol. The Labute approximate surface area is 110 Å². The first-order valence-corrected chi connectivity index (χ1v) is 6.58. The maximum absolute atomic E-state index is 13.6. The van der Waals surface area contributed by atoms with Crippen molar-refractivity contribution in [2.75, 3.05) is 6.54 Å². The van der Waals surface area contributed by atoms with Crippen LogP contribution in [0.4, 0.5) is 4.39 Å². The summed E-state index contributed by atoms with van der Waals surface area (Å²) in [7, 11) is 0. The molecule has 18 heavy (non-hydrogen) atoms. The SMILES string of the molecule is CC(C)CNCc1ccc(F)c(COC(C)C)c1. The van der Waals surface area contributed by atoms with Gasteiger partial charge in [0.1, 0.15) is 5.82 Å². The number of hydrogen-bond acceptors (Lipinski definition) is 2. The van der Waals surface area contributed by atoms with E-state index in [0.29, 0.717) is 18.1 Å². The van der Waals surface area contributed by atoms with Crippen molar-refractivity contribution < 1.29 is 9.13 Å². The van der Waals surface area contributed by atoms with Crippen molar-refractivity contribution >= 4 is 0 Å². The summed E-state index contributed by atoms with van der Waals surface area (Å²) < 4.78 is 19.0. The van der Waals surface area contributed by atoms with E-state index in [1.165, 1.54) is 6.07 Å². The molecule has 1 aromatic rings. The summed E-state index contributed by atoms with van der Waals surface area (Å²) in [4.78, 5) is 0. The van der Waals surface area contributed by atoms with Crippen LogP contribution in [0.2, 0.25) is 0 Å². The Morgan fingerprint density at radius 3 is 2.56 bits per heavy atom. The lowest BCUT2D eigenvalue weighted by molar-refractivity contribution is 0.0639. The maximum Gasteiger partial charge on any atom is 0.128 e. The summed E-state index contributed by atoms with van der Waals surface area (Å²) in [5.74, 6) is 0.428. The molecule has 0 spiro atoms. The van der Waals surface area contributed by atoms with Crippen molar-refractivity contribution in [3.63, 3.8) is 0 Å². The molecule has 0 heterocycles. The molecule has 0 aliphatic rings. The van der Waals surface area contributed by atoms with Gasteiger partial charge in [-0.2, -0.15) is 0 Å². The third-order valence-corrected chi connectivity index (χ3v) is 2.56. The Hall–Kier alpha value is -0.930. The van der Waals surface area contributed by atoms with E-state index in [0.717, 1.165) is 18.7 Å². The molecule has 0 aliphatic heterocycles. The number of rotatable bonds is 7. The minimum atomic E-state index is -0.191. The zero-order chi connectivity index (χ0) is 13.5. The first kappa shape index (κ1) is 15.1. The van der Waals surface area contributed by atoms with Crippen molar-refractivity contribution in [1.29, 1.82) is 0 Å². The number of benzene rings is 1. The molecule has 1 N–H and O–H groups in total. The van der Waals surface area contributed by atoms with E-state index >= 15 is 0 Å². The van der Waals surface area contributed by atoms with Gasteiger partial charge in [0.05, 0.1) is 12.7 Å². The van der Waals surface area contributed by atoms with Gasteiger partial charge in [0, 0.05) is 12.1 Å². The minimum absolute atomic E-state index is 0.118. The lowest BCUT2D eigenvalue weighted by Crippen LogP contribution is -2.19. The quantitative estimate of drug-likeness (QED) is 0.803. The van der Waals surface area contributed by atoms with Crippen LogP contribution < -0.4 is 5.32 Å². The van der Waals surface area contributed by atoms with Crippen molar-refractivity contribution in [3.8, 4) is 0 Å². The minimum Gasteiger partial charge on any atom is -0.374 e. The second-order valence-corrected chi connectivity index (χ2v) is 5.31. The first-order chi connectivity index (χ1) is 8.49. The van der Waals surface area contributed by atoms with E-state index in [4.69, 9.17) is 4.74 Å². The molecular formula is C15H24FNO. The van der Waals surface area contributed by atoms with E-state index in [1.807, 2.05) is 26.0 Å². The number of nitrogens with one attached hydrogen (secondary N) is 1. The summed E-state index contributed by atoms with van der Waals surface area (Å²) in [6.07, 6.45) is 0.118. The van der Waals surface area contributed by atoms with Gasteiger partial charge < -0.3 is 10.1 Å². The molecule has 3 heteroatoms. The molecule has 0 saturated heterocycles. The lowest BCUT2D eigenvalue weighted by atomic mass is 10.1. The molecule has 2 nitrogen and oxygen atoms in total. The van der Waals surface area contributed by atoms with Crippen LogP contribution in [0.5, 0.6) is 0 Å². The molecule has 0 atom stereocenters. The maximum atomic E-state index is 13.6. The van der Waals surface area contributed by atoms with Gasteiger partial charge in [-0.15, -0.1) is 0 Å². The highest BCUT2D eigenvalue weighted by Crippen LogP contribution is 2.13. The zero-order valence-corrected chi connectivity index (χ0v) is 11.8. The second-order valence-electron chi connectivity index (χ2n) is 5.31. The Balaban J connectivity index is 2.56. The number of halogens is 1. The van der Waals surface area contributed by atoms with E-state index in [2.05, 4.69) is 19.2 Å². The van der Waals surface area contributed by atoms with E-state index in [1.54, 1.807) is 0 Å². The third kappa shape index (κ3) is 5.61. The fourth-order valence-corrected chi connectivity index (χ4v) is 1.61. The molecule has 0 aromatic heterocycles. The average molecular weight is 253 g/mol. The van der Waals surface area contributed by atoms with Crippen LogP contribution in [-0.4, -0.2) is 12.6 Å². The second kappa shape index (κ2) is 7.49. The molecule has 1 aromatic carbocycles. The Morgan fingerprint density at radius 2 is 1.94 bits per heavy atom. The molecular weight excluding hydrogens is 229 g/mol. The lowest BCUT2D eigenvalue weighted by Gasteiger charge is -2.11. The van der Waals surface area contributed by atoms with Crippen LogP contribution in [0, 0.1) is 11.7 Å². The van der Waals surface area contributed by atoms with E-state index < -0.39 is 0 Å². The molecule has 1 rings (SSSR count). The van der Waals surface area contributed by atoms with Gasteiger partial charge in [0.2, 0.25) is 0 Å². The fourth-order valence-electron chi connectivity index (χ4n) is 1.61. The molecule has 0 saturated carbocycles. The normalized spacial score (nSPS) is 11.5. The van der Waals surface area contributed by atoms with Gasteiger partial charge in [-0.1, -0.05) is 19.9 Å². The van der Waals surface area contributed by atoms with Gasteiger partial charge in [0.15, 0.2) is 0 Å².